The first-order valence-electron chi connectivity index (χ1n) is 9.60. The van der Waals surface area contributed by atoms with Crippen LogP contribution in [0, 0.1) is 13.8 Å². The Balaban J connectivity index is 1.71. The van der Waals surface area contributed by atoms with Gasteiger partial charge in [-0.3, -0.25) is 4.57 Å². The van der Waals surface area contributed by atoms with Crippen molar-refractivity contribution in [3.05, 3.63) is 88.4 Å². The number of thioether (sulfide) groups is 1. The molecule has 0 amide bonds. The number of benzene rings is 3. The Hall–Kier alpha value is -2.76. The molecule has 0 fully saturated rings. The molecule has 6 heteroatoms. The first-order chi connectivity index (χ1) is 14.5. The quantitative estimate of drug-likeness (QED) is 0.324. The molecule has 3 aromatic carbocycles. The molecule has 0 unspecified atom stereocenters. The summed E-state index contributed by atoms with van der Waals surface area (Å²) in [6.07, 6.45) is 0. The minimum absolute atomic E-state index is 0.696. The summed E-state index contributed by atoms with van der Waals surface area (Å²) in [7, 11) is 1.66. The van der Waals surface area contributed by atoms with Crippen LogP contribution in [0.25, 0.3) is 17.1 Å². The standard InChI is InChI=1S/C24H22ClN3OS/c1-16-4-5-18(14-17(16)2)15-30-24-27-26-23(19-6-12-22(29-3)13-7-19)28(24)21-10-8-20(25)9-11-21/h4-14H,15H2,1-3H3. The van der Waals surface area contributed by atoms with Gasteiger partial charge in [0.1, 0.15) is 5.75 Å². The number of methoxy groups -OCH3 is 1. The molecule has 0 bridgehead atoms. The Morgan fingerprint density at radius 3 is 2.30 bits per heavy atom. The van der Waals surface area contributed by atoms with E-state index in [0.717, 1.165) is 33.7 Å². The van der Waals surface area contributed by atoms with Gasteiger partial charge >= 0.3 is 0 Å². The van der Waals surface area contributed by atoms with Crippen molar-refractivity contribution >= 4 is 23.4 Å². The van der Waals surface area contributed by atoms with Gasteiger partial charge in [-0.05, 0) is 79.1 Å². The maximum Gasteiger partial charge on any atom is 0.196 e. The van der Waals surface area contributed by atoms with E-state index in [4.69, 9.17) is 16.3 Å². The fourth-order valence-corrected chi connectivity index (χ4v) is 4.18. The average molecular weight is 436 g/mol. The predicted octanol–water partition coefficient (Wildman–Crippen LogP) is 6.51. The fourth-order valence-electron chi connectivity index (χ4n) is 3.15. The SMILES string of the molecule is COc1ccc(-c2nnc(SCc3ccc(C)c(C)c3)n2-c2ccc(Cl)cc2)cc1. The van der Waals surface area contributed by atoms with Crippen LogP contribution in [0.4, 0.5) is 0 Å². The summed E-state index contributed by atoms with van der Waals surface area (Å²) >= 11 is 7.78. The van der Waals surface area contributed by atoms with Gasteiger partial charge in [0, 0.05) is 22.0 Å². The summed E-state index contributed by atoms with van der Waals surface area (Å²) < 4.78 is 7.36. The van der Waals surface area contributed by atoms with E-state index in [1.165, 1.54) is 16.7 Å². The minimum Gasteiger partial charge on any atom is -0.497 e. The van der Waals surface area contributed by atoms with Crippen LogP contribution in [0.1, 0.15) is 16.7 Å². The summed E-state index contributed by atoms with van der Waals surface area (Å²) in [6.45, 7) is 4.27. The summed E-state index contributed by atoms with van der Waals surface area (Å²) in [4.78, 5) is 0. The van der Waals surface area contributed by atoms with Crippen LogP contribution in [0.2, 0.25) is 5.02 Å². The number of aromatic nitrogens is 3. The molecule has 152 valence electrons. The van der Waals surface area contributed by atoms with Crippen LogP contribution in [-0.4, -0.2) is 21.9 Å². The molecule has 1 heterocycles. The smallest absolute Gasteiger partial charge is 0.196 e. The number of hydrogen-bond acceptors (Lipinski definition) is 4. The van der Waals surface area contributed by atoms with Crippen molar-refractivity contribution in [3.63, 3.8) is 0 Å². The van der Waals surface area contributed by atoms with Crippen LogP contribution in [-0.2, 0) is 5.75 Å². The van der Waals surface area contributed by atoms with Gasteiger partial charge in [-0.2, -0.15) is 0 Å². The Morgan fingerprint density at radius 1 is 0.900 bits per heavy atom. The predicted molar refractivity (Wildman–Crippen MR) is 124 cm³/mol. The number of ether oxygens (including phenoxy) is 1. The van der Waals surface area contributed by atoms with E-state index in [1.54, 1.807) is 18.9 Å². The summed E-state index contributed by atoms with van der Waals surface area (Å²) in [5.74, 6) is 2.40. The molecule has 0 atom stereocenters. The first kappa shape index (κ1) is 20.5. The Labute approximate surface area is 185 Å². The first-order valence-corrected chi connectivity index (χ1v) is 11.0. The Kier molecular flexibility index (Phi) is 6.11. The van der Waals surface area contributed by atoms with Crippen LogP contribution in [0.3, 0.4) is 0 Å². The molecule has 0 radical (unpaired) electrons. The van der Waals surface area contributed by atoms with Crippen molar-refractivity contribution in [2.24, 2.45) is 0 Å². The number of rotatable bonds is 6. The van der Waals surface area contributed by atoms with Crippen molar-refractivity contribution in [2.45, 2.75) is 24.8 Å². The van der Waals surface area contributed by atoms with Gasteiger partial charge < -0.3 is 4.74 Å². The van der Waals surface area contributed by atoms with Gasteiger partial charge in [0.25, 0.3) is 0 Å². The lowest BCUT2D eigenvalue weighted by atomic mass is 10.1. The molecule has 0 saturated heterocycles. The van der Waals surface area contributed by atoms with Crippen LogP contribution in [0.5, 0.6) is 5.75 Å². The third-order valence-electron chi connectivity index (χ3n) is 5.01. The second-order valence-corrected chi connectivity index (χ2v) is 8.43. The lowest BCUT2D eigenvalue weighted by Gasteiger charge is -2.11. The molecule has 0 aliphatic carbocycles. The maximum atomic E-state index is 6.11. The van der Waals surface area contributed by atoms with Crippen molar-refractivity contribution in [2.75, 3.05) is 7.11 Å². The molecule has 4 rings (SSSR count). The van der Waals surface area contributed by atoms with Gasteiger partial charge in [-0.15, -0.1) is 10.2 Å². The normalized spacial score (nSPS) is 10.9. The molecule has 30 heavy (non-hydrogen) atoms. The average Bonchev–Trinajstić information content (AvgIpc) is 3.19. The lowest BCUT2D eigenvalue weighted by Crippen LogP contribution is -2.00. The van der Waals surface area contributed by atoms with Crippen molar-refractivity contribution in [1.29, 1.82) is 0 Å². The van der Waals surface area contributed by atoms with E-state index in [-0.39, 0.29) is 0 Å². The van der Waals surface area contributed by atoms with Gasteiger partial charge in [-0.25, -0.2) is 0 Å². The summed E-state index contributed by atoms with van der Waals surface area (Å²) in [6, 6.07) is 22.1. The summed E-state index contributed by atoms with van der Waals surface area (Å²) in [5, 5.41) is 10.5. The second kappa shape index (κ2) is 8.94. The van der Waals surface area contributed by atoms with Gasteiger partial charge in [0.05, 0.1) is 7.11 Å². The third-order valence-corrected chi connectivity index (χ3v) is 6.26. The maximum absolute atomic E-state index is 6.11. The van der Waals surface area contributed by atoms with E-state index in [9.17, 15) is 0 Å². The van der Waals surface area contributed by atoms with E-state index >= 15 is 0 Å². The molecule has 0 aliphatic rings. The number of aryl methyl sites for hydroxylation is 2. The third kappa shape index (κ3) is 4.37. The minimum atomic E-state index is 0.696. The van der Waals surface area contributed by atoms with Crippen LogP contribution < -0.4 is 4.74 Å². The second-order valence-electron chi connectivity index (χ2n) is 7.05. The molecule has 4 nitrogen and oxygen atoms in total. The fraction of sp³-hybridized carbons (Fsp3) is 0.167. The number of halogens is 1. The highest BCUT2D eigenvalue weighted by atomic mass is 35.5. The number of hydrogen-bond donors (Lipinski definition) is 0. The Morgan fingerprint density at radius 2 is 1.63 bits per heavy atom. The van der Waals surface area contributed by atoms with Crippen molar-refractivity contribution in [3.8, 4) is 22.8 Å². The van der Waals surface area contributed by atoms with E-state index in [0.29, 0.717) is 5.02 Å². The monoisotopic (exact) mass is 435 g/mol. The zero-order valence-electron chi connectivity index (χ0n) is 17.1. The van der Waals surface area contributed by atoms with Crippen LogP contribution >= 0.6 is 23.4 Å². The highest BCUT2D eigenvalue weighted by molar-refractivity contribution is 7.98. The van der Waals surface area contributed by atoms with Gasteiger partial charge in [0.15, 0.2) is 11.0 Å². The van der Waals surface area contributed by atoms with E-state index in [1.807, 2.05) is 48.5 Å². The molecular formula is C24H22ClN3OS. The molecule has 0 spiro atoms. The molecule has 0 N–H and O–H groups in total. The molecule has 0 aliphatic heterocycles. The highest BCUT2D eigenvalue weighted by Crippen LogP contribution is 2.31. The van der Waals surface area contributed by atoms with E-state index < -0.39 is 0 Å². The van der Waals surface area contributed by atoms with Gasteiger partial charge in [0.2, 0.25) is 0 Å². The highest BCUT2D eigenvalue weighted by Gasteiger charge is 2.16. The molecule has 1 aromatic heterocycles. The lowest BCUT2D eigenvalue weighted by molar-refractivity contribution is 0.415. The zero-order valence-corrected chi connectivity index (χ0v) is 18.7. The largest absolute Gasteiger partial charge is 0.497 e. The summed E-state index contributed by atoms with van der Waals surface area (Å²) in [5.41, 5.74) is 5.80. The topological polar surface area (TPSA) is 39.9 Å². The molecule has 4 aromatic rings. The molecular weight excluding hydrogens is 414 g/mol. The van der Waals surface area contributed by atoms with Crippen LogP contribution in [0.15, 0.2) is 71.9 Å². The van der Waals surface area contributed by atoms with Gasteiger partial charge in [-0.1, -0.05) is 41.6 Å². The number of nitrogens with zero attached hydrogens (tertiary/aromatic N) is 3. The Bertz CT molecular complexity index is 1150. The molecule has 0 saturated carbocycles. The van der Waals surface area contributed by atoms with Crippen molar-refractivity contribution < 1.29 is 4.74 Å². The van der Waals surface area contributed by atoms with E-state index in [2.05, 4.69) is 46.8 Å². The van der Waals surface area contributed by atoms with Crippen molar-refractivity contribution in [1.82, 2.24) is 14.8 Å². The zero-order chi connectivity index (χ0) is 21.1.